The van der Waals surface area contributed by atoms with E-state index in [9.17, 15) is 4.79 Å². The Kier molecular flexibility index (Phi) is 5.56. The molecule has 0 atom stereocenters. The fourth-order valence-corrected chi connectivity index (χ4v) is 4.27. The normalized spacial score (nSPS) is 14.6. The molecular formula is C26H28N6O. The summed E-state index contributed by atoms with van der Waals surface area (Å²) >= 11 is 0. The van der Waals surface area contributed by atoms with Crippen molar-refractivity contribution in [2.45, 2.75) is 0 Å². The van der Waals surface area contributed by atoms with Crippen LogP contribution in [0.15, 0.2) is 60.8 Å². The quantitative estimate of drug-likeness (QED) is 0.524. The summed E-state index contributed by atoms with van der Waals surface area (Å²) in [6.07, 6.45) is 1.81. The van der Waals surface area contributed by atoms with Gasteiger partial charge in [0.25, 0.3) is 5.91 Å². The van der Waals surface area contributed by atoms with Crippen molar-refractivity contribution in [3.8, 4) is 22.4 Å². The zero-order valence-corrected chi connectivity index (χ0v) is 19.2. The first-order valence-corrected chi connectivity index (χ1v) is 11.2. The van der Waals surface area contributed by atoms with Crippen LogP contribution in [0.1, 0.15) is 10.4 Å². The molecule has 2 aromatic heterocycles. The Morgan fingerprint density at radius 2 is 1.70 bits per heavy atom. The number of piperazine rings is 1. The van der Waals surface area contributed by atoms with Crippen molar-refractivity contribution in [2.75, 3.05) is 52.2 Å². The maximum atomic E-state index is 12.4. The number of aromatic amines is 1. The number of carbonyl (C=O) groups excluding carboxylic acids is 1. The molecular weight excluding hydrogens is 412 g/mol. The summed E-state index contributed by atoms with van der Waals surface area (Å²) in [7, 11) is 5.69. The molecule has 1 fully saturated rings. The first kappa shape index (κ1) is 21.2. The fourth-order valence-electron chi connectivity index (χ4n) is 4.27. The van der Waals surface area contributed by atoms with Crippen molar-refractivity contribution in [1.29, 1.82) is 0 Å². The third kappa shape index (κ3) is 4.19. The van der Waals surface area contributed by atoms with Crippen LogP contribution in [0.5, 0.6) is 0 Å². The summed E-state index contributed by atoms with van der Waals surface area (Å²) in [4.78, 5) is 23.3. The maximum Gasteiger partial charge on any atom is 0.253 e. The number of aromatic nitrogens is 3. The van der Waals surface area contributed by atoms with Crippen molar-refractivity contribution >= 4 is 22.6 Å². The molecule has 0 aliphatic carbocycles. The summed E-state index contributed by atoms with van der Waals surface area (Å²) in [5.74, 6) is -0.0182. The molecule has 1 aliphatic heterocycles. The number of nitrogens with one attached hydrogen (secondary N) is 1. The Bertz CT molecular complexity index is 1290. The van der Waals surface area contributed by atoms with Gasteiger partial charge in [-0.3, -0.25) is 9.89 Å². The largest absolute Gasteiger partial charge is 0.369 e. The van der Waals surface area contributed by atoms with Crippen LogP contribution >= 0.6 is 0 Å². The number of pyridine rings is 1. The topological polar surface area (TPSA) is 68.4 Å². The summed E-state index contributed by atoms with van der Waals surface area (Å²) in [5, 5.41) is 8.53. The molecule has 168 valence electrons. The van der Waals surface area contributed by atoms with Gasteiger partial charge in [0, 0.05) is 74.2 Å². The number of carbonyl (C=O) groups is 1. The predicted molar refractivity (Wildman–Crippen MR) is 132 cm³/mol. The third-order valence-electron chi connectivity index (χ3n) is 6.28. The molecule has 7 nitrogen and oxygen atoms in total. The number of anilines is 1. The van der Waals surface area contributed by atoms with Crippen LogP contribution in [-0.4, -0.2) is 78.2 Å². The molecule has 7 heteroatoms. The van der Waals surface area contributed by atoms with Gasteiger partial charge in [0.05, 0.1) is 5.69 Å². The Balaban J connectivity index is 1.46. The van der Waals surface area contributed by atoms with Crippen LogP contribution in [0, 0.1) is 0 Å². The number of rotatable bonds is 4. The average Bonchev–Trinajstić information content (AvgIpc) is 3.27. The molecule has 1 saturated heterocycles. The lowest BCUT2D eigenvalue weighted by Crippen LogP contribution is -2.44. The van der Waals surface area contributed by atoms with Gasteiger partial charge in [0.1, 0.15) is 0 Å². The lowest BCUT2D eigenvalue weighted by atomic mass is 10.0. The van der Waals surface area contributed by atoms with E-state index in [1.807, 2.05) is 30.5 Å². The highest BCUT2D eigenvalue weighted by molar-refractivity contribution is 5.96. The van der Waals surface area contributed by atoms with Gasteiger partial charge >= 0.3 is 0 Å². The number of likely N-dealkylation sites (N-methyl/N-ethyl adjacent to an activating group) is 1. The van der Waals surface area contributed by atoms with E-state index >= 15 is 0 Å². The van der Waals surface area contributed by atoms with Crippen LogP contribution in [0.25, 0.3) is 33.4 Å². The Morgan fingerprint density at radius 3 is 2.42 bits per heavy atom. The number of amides is 1. The molecule has 4 aromatic rings. The van der Waals surface area contributed by atoms with Gasteiger partial charge in [0.2, 0.25) is 0 Å². The van der Waals surface area contributed by atoms with Crippen molar-refractivity contribution in [2.24, 2.45) is 0 Å². The van der Waals surface area contributed by atoms with E-state index in [0.29, 0.717) is 11.2 Å². The van der Waals surface area contributed by atoms with Gasteiger partial charge in [-0.15, -0.1) is 0 Å². The highest BCUT2D eigenvalue weighted by Gasteiger charge is 2.16. The van der Waals surface area contributed by atoms with Gasteiger partial charge in [-0.1, -0.05) is 24.3 Å². The van der Waals surface area contributed by atoms with Crippen molar-refractivity contribution in [3.63, 3.8) is 0 Å². The third-order valence-corrected chi connectivity index (χ3v) is 6.28. The summed E-state index contributed by atoms with van der Waals surface area (Å²) in [5.41, 5.74) is 6.51. The molecule has 5 rings (SSSR count). The van der Waals surface area contributed by atoms with Crippen LogP contribution < -0.4 is 4.90 Å². The number of fused-ring (bicyclic) bond motifs is 1. The average molecular weight is 441 g/mol. The van der Waals surface area contributed by atoms with Gasteiger partial charge in [-0.05, 0) is 42.9 Å². The monoisotopic (exact) mass is 440 g/mol. The minimum atomic E-state index is -0.0182. The minimum Gasteiger partial charge on any atom is -0.369 e. The van der Waals surface area contributed by atoms with Crippen LogP contribution in [0.2, 0.25) is 0 Å². The summed E-state index contributed by atoms with van der Waals surface area (Å²) < 4.78 is 0. The van der Waals surface area contributed by atoms with Crippen molar-refractivity contribution in [3.05, 3.63) is 66.4 Å². The second-order valence-corrected chi connectivity index (χ2v) is 8.81. The molecule has 0 saturated carbocycles. The predicted octanol–water partition coefficient (Wildman–Crippen LogP) is 3.75. The van der Waals surface area contributed by atoms with E-state index < -0.39 is 0 Å². The zero-order chi connectivity index (χ0) is 22.9. The molecule has 0 radical (unpaired) electrons. The molecule has 2 aromatic carbocycles. The fraction of sp³-hybridized carbons (Fsp3) is 0.269. The molecule has 0 bridgehead atoms. The summed E-state index contributed by atoms with van der Waals surface area (Å²) in [6.45, 7) is 4.27. The van der Waals surface area contributed by atoms with E-state index in [1.165, 1.54) is 5.69 Å². The lowest BCUT2D eigenvalue weighted by Gasteiger charge is -2.34. The first-order chi connectivity index (χ1) is 16.0. The van der Waals surface area contributed by atoms with Gasteiger partial charge in [-0.2, -0.15) is 5.10 Å². The van der Waals surface area contributed by atoms with E-state index in [4.69, 9.17) is 0 Å². The van der Waals surface area contributed by atoms with Crippen LogP contribution in [-0.2, 0) is 0 Å². The SMILES string of the molecule is CN1CCN(c2ccc(-c3[nH]nc4ncc(-c5cccc(C(=O)N(C)C)c5)cc34)cc2)CC1. The number of hydrogen-bond acceptors (Lipinski definition) is 5. The second-order valence-electron chi connectivity index (χ2n) is 8.81. The van der Waals surface area contributed by atoms with Crippen LogP contribution in [0.4, 0.5) is 5.69 Å². The zero-order valence-electron chi connectivity index (χ0n) is 19.2. The first-order valence-electron chi connectivity index (χ1n) is 11.2. The molecule has 0 spiro atoms. The Hall–Kier alpha value is -3.71. The Morgan fingerprint density at radius 1 is 0.939 bits per heavy atom. The van der Waals surface area contributed by atoms with Gasteiger partial charge in [-0.25, -0.2) is 4.98 Å². The van der Waals surface area contributed by atoms with Gasteiger partial charge < -0.3 is 14.7 Å². The van der Waals surface area contributed by atoms with E-state index in [0.717, 1.165) is 53.9 Å². The Labute approximate surface area is 193 Å². The molecule has 0 unspecified atom stereocenters. The smallest absolute Gasteiger partial charge is 0.253 e. The highest BCUT2D eigenvalue weighted by Crippen LogP contribution is 2.31. The van der Waals surface area contributed by atoms with E-state index in [-0.39, 0.29) is 5.91 Å². The number of H-pyrrole nitrogens is 1. The number of benzene rings is 2. The number of nitrogens with zero attached hydrogens (tertiary/aromatic N) is 5. The van der Waals surface area contributed by atoms with Crippen molar-refractivity contribution in [1.82, 2.24) is 25.0 Å². The molecule has 1 N–H and O–H groups in total. The lowest BCUT2D eigenvalue weighted by molar-refractivity contribution is 0.0827. The molecule has 3 heterocycles. The maximum absolute atomic E-state index is 12.4. The van der Waals surface area contributed by atoms with E-state index in [2.05, 4.69) is 62.4 Å². The summed E-state index contributed by atoms with van der Waals surface area (Å²) in [6, 6.07) is 18.4. The molecule has 1 aliphatic rings. The van der Waals surface area contributed by atoms with Crippen LogP contribution in [0.3, 0.4) is 0 Å². The second kappa shape index (κ2) is 8.67. The molecule has 1 amide bonds. The highest BCUT2D eigenvalue weighted by atomic mass is 16.2. The van der Waals surface area contributed by atoms with E-state index in [1.54, 1.807) is 19.0 Å². The standard InChI is InChI=1S/C26H28N6O/c1-30(2)26(33)20-6-4-5-19(15-20)21-16-23-24(28-29-25(23)27-17-21)18-7-9-22(10-8-18)32-13-11-31(3)12-14-32/h4-10,15-17H,11-14H2,1-3H3,(H,27,28,29). The van der Waals surface area contributed by atoms with Crippen molar-refractivity contribution < 1.29 is 4.79 Å². The minimum absolute atomic E-state index is 0.0182. The van der Waals surface area contributed by atoms with Gasteiger partial charge in [0.15, 0.2) is 5.65 Å². The molecule has 33 heavy (non-hydrogen) atoms. The number of hydrogen-bond donors (Lipinski definition) is 1.